The zero-order valence-electron chi connectivity index (χ0n) is 16.3. The van der Waals surface area contributed by atoms with Crippen molar-refractivity contribution in [2.75, 3.05) is 20.6 Å². The van der Waals surface area contributed by atoms with Crippen molar-refractivity contribution in [1.82, 2.24) is 15.2 Å². The molecular weight excluding hydrogens is 358 g/mol. The number of halogens is 1. The molecule has 0 radical (unpaired) electrons. The third-order valence-corrected chi connectivity index (χ3v) is 5.03. The topological polar surface area (TPSA) is 48.1 Å². The number of carbonyl (C=O) groups excluding carboxylic acids is 1. The Labute approximate surface area is 165 Å². The molecule has 0 saturated heterocycles. The molecule has 1 aromatic heterocycles. The fraction of sp³-hybridized carbons (Fsp3) is 0.318. The van der Waals surface area contributed by atoms with Crippen LogP contribution in [0.4, 0.5) is 0 Å². The number of aromatic nitrogens is 1. The lowest BCUT2D eigenvalue weighted by Crippen LogP contribution is -2.34. The highest BCUT2D eigenvalue weighted by Crippen LogP contribution is 2.33. The van der Waals surface area contributed by atoms with Gasteiger partial charge in [0.15, 0.2) is 0 Å². The van der Waals surface area contributed by atoms with E-state index in [-0.39, 0.29) is 11.8 Å². The zero-order chi connectivity index (χ0) is 19.6. The molecule has 142 valence electrons. The lowest BCUT2D eigenvalue weighted by Gasteiger charge is -2.16. The first-order valence-corrected chi connectivity index (χ1v) is 9.53. The van der Waals surface area contributed by atoms with Gasteiger partial charge in [-0.25, -0.2) is 0 Å². The van der Waals surface area contributed by atoms with Gasteiger partial charge in [0.05, 0.1) is 5.52 Å². The van der Waals surface area contributed by atoms with E-state index in [2.05, 4.69) is 29.4 Å². The molecule has 0 fully saturated rings. The number of H-pyrrole nitrogens is 1. The Kier molecular flexibility index (Phi) is 5.88. The van der Waals surface area contributed by atoms with Gasteiger partial charge in [-0.3, -0.25) is 4.79 Å². The minimum Gasteiger partial charge on any atom is -0.354 e. The summed E-state index contributed by atoms with van der Waals surface area (Å²) in [4.78, 5) is 17.9. The van der Waals surface area contributed by atoms with E-state index >= 15 is 0 Å². The Morgan fingerprint density at radius 2 is 1.93 bits per heavy atom. The van der Waals surface area contributed by atoms with E-state index < -0.39 is 0 Å². The minimum atomic E-state index is -0.0695. The fourth-order valence-corrected chi connectivity index (χ4v) is 3.72. The average molecular weight is 384 g/mol. The maximum atomic E-state index is 12.4. The molecular formula is C22H26ClN3O. The van der Waals surface area contributed by atoms with Crippen molar-refractivity contribution in [3.05, 3.63) is 58.6 Å². The maximum absolute atomic E-state index is 12.4. The number of carbonyl (C=O) groups is 1. The van der Waals surface area contributed by atoms with E-state index in [1.54, 1.807) is 0 Å². The smallest absolute Gasteiger partial charge is 0.224 e. The Morgan fingerprint density at radius 1 is 1.22 bits per heavy atom. The molecule has 0 aliphatic carbocycles. The molecule has 4 nitrogen and oxygen atoms in total. The normalized spacial score (nSPS) is 12.5. The molecule has 0 unspecified atom stereocenters. The Hall–Kier alpha value is -2.30. The highest BCUT2D eigenvalue weighted by atomic mass is 35.5. The number of nitrogens with one attached hydrogen (secondary N) is 2. The largest absolute Gasteiger partial charge is 0.354 e. The molecule has 0 bridgehead atoms. The number of benzene rings is 2. The van der Waals surface area contributed by atoms with Crippen molar-refractivity contribution in [3.8, 4) is 11.3 Å². The van der Waals surface area contributed by atoms with Gasteiger partial charge in [0.2, 0.25) is 5.91 Å². The summed E-state index contributed by atoms with van der Waals surface area (Å²) in [5, 5.41) is 4.81. The van der Waals surface area contributed by atoms with Crippen molar-refractivity contribution < 1.29 is 4.79 Å². The van der Waals surface area contributed by atoms with Crippen LogP contribution in [-0.2, 0) is 11.3 Å². The predicted molar refractivity (Wildman–Crippen MR) is 113 cm³/mol. The number of hydrogen-bond donors (Lipinski definition) is 2. The molecule has 27 heavy (non-hydrogen) atoms. The number of nitrogens with zero attached hydrogens (tertiary/aromatic N) is 1. The van der Waals surface area contributed by atoms with E-state index in [9.17, 15) is 4.79 Å². The van der Waals surface area contributed by atoms with Crippen molar-refractivity contribution in [1.29, 1.82) is 0 Å². The van der Waals surface area contributed by atoms with Crippen LogP contribution >= 0.6 is 11.6 Å². The quantitative estimate of drug-likeness (QED) is 0.653. The summed E-state index contributed by atoms with van der Waals surface area (Å²) in [7, 11) is 3.94. The standard InChI is InChI=1S/C22H26ClN3O/c1-14(13-26(3)4)22(27)24-12-17-10-18(23)11-19-15(2)20(25-21(17)19)16-8-6-5-7-9-16/h5-11,14,25H,12-13H2,1-4H3,(H,24,27)/t14-/m1/s1. The molecule has 1 atom stereocenters. The summed E-state index contributed by atoms with van der Waals surface area (Å²) in [5.41, 5.74) is 5.40. The fourth-order valence-electron chi connectivity index (χ4n) is 3.48. The number of aromatic amines is 1. The van der Waals surface area contributed by atoms with E-state index in [1.807, 2.05) is 56.3 Å². The summed E-state index contributed by atoms with van der Waals surface area (Å²) in [6, 6.07) is 14.1. The van der Waals surface area contributed by atoms with Gasteiger partial charge in [-0.2, -0.15) is 0 Å². The molecule has 0 aliphatic rings. The van der Waals surface area contributed by atoms with E-state index in [4.69, 9.17) is 11.6 Å². The molecule has 2 aromatic carbocycles. The first-order valence-electron chi connectivity index (χ1n) is 9.15. The van der Waals surface area contributed by atoms with E-state index in [0.717, 1.165) is 39.8 Å². The monoisotopic (exact) mass is 383 g/mol. The van der Waals surface area contributed by atoms with Crippen LogP contribution in [0, 0.1) is 12.8 Å². The Balaban J connectivity index is 1.91. The van der Waals surface area contributed by atoms with Crippen LogP contribution in [0.15, 0.2) is 42.5 Å². The van der Waals surface area contributed by atoms with Crippen molar-refractivity contribution in [2.24, 2.45) is 5.92 Å². The maximum Gasteiger partial charge on any atom is 0.224 e. The molecule has 1 heterocycles. The predicted octanol–water partition coefficient (Wildman–Crippen LogP) is 4.61. The number of hydrogen-bond acceptors (Lipinski definition) is 2. The van der Waals surface area contributed by atoms with Crippen LogP contribution in [0.5, 0.6) is 0 Å². The molecule has 3 aromatic rings. The molecule has 2 N–H and O–H groups in total. The van der Waals surface area contributed by atoms with Crippen LogP contribution in [0.3, 0.4) is 0 Å². The van der Waals surface area contributed by atoms with Crippen molar-refractivity contribution in [3.63, 3.8) is 0 Å². The summed E-state index contributed by atoms with van der Waals surface area (Å²) in [6.45, 7) is 5.20. The molecule has 3 rings (SSSR count). The van der Waals surface area contributed by atoms with Gasteiger partial charge in [0.1, 0.15) is 0 Å². The molecule has 0 spiro atoms. The second-order valence-corrected chi connectivity index (χ2v) is 7.80. The van der Waals surface area contributed by atoms with Crippen molar-refractivity contribution in [2.45, 2.75) is 20.4 Å². The SMILES string of the molecule is Cc1c(-c2ccccc2)[nH]c2c(CNC(=O)[C@H](C)CN(C)C)cc(Cl)cc12. The Bertz CT molecular complexity index is 947. The second-order valence-electron chi connectivity index (χ2n) is 7.36. The average Bonchev–Trinajstić information content (AvgIpc) is 2.96. The third-order valence-electron chi connectivity index (χ3n) is 4.82. The number of amides is 1. The summed E-state index contributed by atoms with van der Waals surface area (Å²) in [6.07, 6.45) is 0. The first kappa shape index (κ1) is 19.5. The van der Waals surface area contributed by atoms with Gasteiger partial charge < -0.3 is 15.2 Å². The van der Waals surface area contributed by atoms with Crippen LogP contribution in [0.1, 0.15) is 18.1 Å². The number of fused-ring (bicyclic) bond motifs is 1. The number of rotatable bonds is 6. The lowest BCUT2D eigenvalue weighted by molar-refractivity contribution is -0.125. The summed E-state index contributed by atoms with van der Waals surface area (Å²) >= 11 is 6.36. The van der Waals surface area contributed by atoms with Crippen LogP contribution in [0.25, 0.3) is 22.2 Å². The molecule has 1 amide bonds. The second kappa shape index (κ2) is 8.15. The molecule has 0 saturated carbocycles. The van der Waals surface area contributed by atoms with Crippen LogP contribution < -0.4 is 5.32 Å². The summed E-state index contributed by atoms with van der Waals surface area (Å²) < 4.78 is 0. The van der Waals surface area contributed by atoms with Gasteiger partial charge >= 0.3 is 0 Å². The van der Waals surface area contributed by atoms with E-state index in [0.29, 0.717) is 11.6 Å². The third kappa shape index (κ3) is 4.34. The first-order chi connectivity index (χ1) is 12.9. The highest BCUT2D eigenvalue weighted by molar-refractivity contribution is 6.31. The number of aryl methyl sites for hydroxylation is 1. The summed E-state index contributed by atoms with van der Waals surface area (Å²) in [5.74, 6) is -0.0247. The van der Waals surface area contributed by atoms with Crippen molar-refractivity contribution >= 4 is 28.4 Å². The van der Waals surface area contributed by atoms with Crippen LogP contribution in [0.2, 0.25) is 5.02 Å². The van der Waals surface area contributed by atoms with Gasteiger partial charge in [0, 0.05) is 35.1 Å². The van der Waals surface area contributed by atoms with Gasteiger partial charge in [-0.15, -0.1) is 0 Å². The van der Waals surface area contributed by atoms with Crippen LogP contribution in [-0.4, -0.2) is 36.4 Å². The van der Waals surface area contributed by atoms with Gasteiger partial charge in [-0.05, 0) is 49.8 Å². The van der Waals surface area contributed by atoms with Gasteiger partial charge in [0.25, 0.3) is 0 Å². The zero-order valence-corrected chi connectivity index (χ0v) is 17.0. The Morgan fingerprint density at radius 3 is 2.59 bits per heavy atom. The highest BCUT2D eigenvalue weighted by Gasteiger charge is 2.16. The van der Waals surface area contributed by atoms with E-state index in [1.165, 1.54) is 0 Å². The lowest BCUT2D eigenvalue weighted by atomic mass is 10.0. The minimum absolute atomic E-state index is 0.0448. The molecule has 0 aliphatic heterocycles. The molecule has 5 heteroatoms. The van der Waals surface area contributed by atoms with Gasteiger partial charge in [-0.1, -0.05) is 48.9 Å².